The van der Waals surface area contributed by atoms with E-state index in [4.69, 9.17) is 21.1 Å². The minimum atomic E-state index is -4.58. The van der Waals surface area contributed by atoms with Gasteiger partial charge in [-0.2, -0.15) is 4.31 Å². The lowest BCUT2D eigenvalue weighted by Gasteiger charge is -2.33. The molecule has 0 saturated heterocycles. The molecule has 0 radical (unpaired) electrons. The Hall–Kier alpha value is -3.31. The lowest BCUT2D eigenvalue weighted by molar-refractivity contribution is -0.146. The first-order valence-corrected chi connectivity index (χ1v) is 14.8. The van der Waals surface area contributed by atoms with Crippen molar-refractivity contribution in [2.24, 2.45) is 0 Å². The summed E-state index contributed by atoms with van der Waals surface area (Å²) >= 11 is 6.36. The fourth-order valence-corrected chi connectivity index (χ4v) is 7.40. The highest BCUT2D eigenvalue weighted by atomic mass is 35.5. The average Bonchev–Trinajstić information content (AvgIpc) is 3.02. The van der Waals surface area contributed by atoms with Crippen molar-refractivity contribution in [3.05, 3.63) is 93.3 Å². The summed E-state index contributed by atoms with van der Waals surface area (Å²) in [6.07, 6.45) is -0.778. The molecule has 0 aliphatic carbocycles. The summed E-state index contributed by atoms with van der Waals surface area (Å²) in [4.78, 5) is 26.1. The van der Waals surface area contributed by atoms with Crippen molar-refractivity contribution in [1.29, 1.82) is 0 Å². The monoisotopic (exact) mass is 602 g/mol. The van der Waals surface area contributed by atoms with Gasteiger partial charge < -0.3 is 14.8 Å². The zero-order valence-electron chi connectivity index (χ0n) is 23.4. The third-order valence-corrected chi connectivity index (χ3v) is 9.58. The third-order valence-electron chi connectivity index (χ3n) is 7.42. The first kappa shape index (κ1) is 30.6. The fraction of sp³-hybridized carbons (Fsp3) is 0.333. The van der Waals surface area contributed by atoms with E-state index in [-0.39, 0.29) is 33.3 Å². The van der Waals surface area contributed by atoms with Crippen molar-refractivity contribution < 1.29 is 31.9 Å². The van der Waals surface area contributed by atoms with Crippen LogP contribution in [0.2, 0.25) is 5.02 Å². The Morgan fingerprint density at radius 1 is 1.12 bits per heavy atom. The number of nitrogens with zero attached hydrogens (tertiary/aromatic N) is 1. The van der Waals surface area contributed by atoms with Crippen LogP contribution < -0.4 is 5.32 Å². The van der Waals surface area contributed by atoms with Crippen LogP contribution in [0.15, 0.2) is 59.5 Å². The van der Waals surface area contributed by atoms with Gasteiger partial charge >= 0.3 is 5.97 Å². The van der Waals surface area contributed by atoms with Gasteiger partial charge in [-0.05, 0) is 61.2 Å². The topological polar surface area (TPSA) is 102 Å². The van der Waals surface area contributed by atoms with Gasteiger partial charge in [0, 0.05) is 16.5 Å². The molecule has 4 rings (SSSR count). The third kappa shape index (κ3) is 6.16. The predicted molar refractivity (Wildman–Crippen MR) is 154 cm³/mol. The second-order valence-electron chi connectivity index (χ2n) is 10.1. The minimum absolute atomic E-state index is 0.0376. The van der Waals surface area contributed by atoms with Crippen molar-refractivity contribution in [2.45, 2.75) is 57.3 Å². The number of aryl methyl sites for hydroxylation is 1. The minimum Gasteiger partial charge on any atom is -0.468 e. The van der Waals surface area contributed by atoms with Crippen LogP contribution in [0.5, 0.6) is 0 Å². The van der Waals surface area contributed by atoms with E-state index in [1.54, 1.807) is 33.8 Å². The number of carbonyl (C=O) groups is 2. The smallest absolute Gasteiger partial charge is 0.324 e. The number of rotatable bonds is 8. The molecule has 3 aromatic carbocycles. The highest BCUT2D eigenvalue weighted by molar-refractivity contribution is 7.89. The number of hydrogen-bond acceptors (Lipinski definition) is 6. The first-order valence-electron chi connectivity index (χ1n) is 13.0. The van der Waals surface area contributed by atoms with Gasteiger partial charge in [-0.25, -0.2) is 12.8 Å². The zero-order chi connectivity index (χ0) is 30.1. The predicted octanol–water partition coefficient (Wildman–Crippen LogP) is 5.66. The van der Waals surface area contributed by atoms with E-state index in [0.29, 0.717) is 5.56 Å². The largest absolute Gasteiger partial charge is 0.468 e. The van der Waals surface area contributed by atoms with E-state index < -0.39 is 52.3 Å². The number of hydrogen-bond donors (Lipinski definition) is 1. The molecular formula is C30H32ClFN2O6S. The standard InChI is InChI=1S/C30H32ClFN2O6S/c1-17-11-12-24(32)27(18(17)2)19(3)28(30(36)39-5)34-15-26(35)33-25-14-22(31)13-23(29(25)41(34,37)38)20(4)40-16-21-9-7-6-8-10-21/h6-14,19-20,28H,15-16H2,1-5H3,(H,33,35)/t19?,20?,28-/m0/s1. The first-order chi connectivity index (χ1) is 19.4. The van der Waals surface area contributed by atoms with Gasteiger partial charge in [0.05, 0.1) is 32.1 Å². The molecule has 8 nitrogen and oxygen atoms in total. The molecule has 2 unspecified atom stereocenters. The average molecular weight is 603 g/mol. The van der Waals surface area contributed by atoms with Crippen LogP contribution >= 0.6 is 11.6 Å². The van der Waals surface area contributed by atoms with Crippen molar-refractivity contribution in [1.82, 2.24) is 4.31 Å². The quantitative estimate of drug-likeness (QED) is 0.334. The number of halogens is 2. The zero-order valence-corrected chi connectivity index (χ0v) is 25.0. The number of methoxy groups -OCH3 is 1. The van der Waals surface area contributed by atoms with E-state index in [9.17, 15) is 18.0 Å². The van der Waals surface area contributed by atoms with E-state index in [0.717, 1.165) is 22.5 Å². The molecule has 3 aromatic rings. The Bertz CT molecular complexity index is 1580. The van der Waals surface area contributed by atoms with Crippen molar-refractivity contribution in [3.63, 3.8) is 0 Å². The summed E-state index contributed by atoms with van der Waals surface area (Å²) in [6, 6.07) is 13.5. The van der Waals surface area contributed by atoms with Crippen LogP contribution in [-0.2, 0) is 35.7 Å². The summed E-state index contributed by atoms with van der Waals surface area (Å²) in [7, 11) is -3.47. The number of carbonyl (C=O) groups excluding carboxylic acids is 2. The number of amides is 1. The number of fused-ring (bicyclic) bond motifs is 1. The Kier molecular flexibility index (Phi) is 9.18. The molecule has 218 valence electrons. The Labute approximate surface area is 244 Å². The number of nitrogens with one attached hydrogen (secondary N) is 1. The molecule has 1 aliphatic heterocycles. The van der Waals surface area contributed by atoms with Gasteiger partial charge in [0.25, 0.3) is 0 Å². The van der Waals surface area contributed by atoms with E-state index in [2.05, 4.69) is 5.32 Å². The maximum absolute atomic E-state index is 15.2. The normalized spacial score (nSPS) is 17.1. The lowest BCUT2D eigenvalue weighted by atomic mass is 9.87. The van der Waals surface area contributed by atoms with Crippen LogP contribution in [0, 0.1) is 19.7 Å². The van der Waals surface area contributed by atoms with Crippen LogP contribution in [0.4, 0.5) is 10.1 Å². The number of anilines is 1. The van der Waals surface area contributed by atoms with Crippen molar-refractivity contribution in [3.8, 4) is 0 Å². The number of sulfonamides is 1. The van der Waals surface area contributed by atoms with Crippen LogP contribution in [0.3, 0.4) is 0 Å². The van der Waals surface area contributed by atoms with Crippen LogP contribution in [-0.4, -0.2) is 44.3 Å². The molecular weight excluding hydrogens is 571 g/mol. The number of esters is 1. The summed E-state index contributed by atoms with van der Waals surface area (Å²) in [5.74, 6) is -3.22. The van der Waals surface area contributed by atoms with Crippen molar-refractivity contribution in [2.75, 3.05) is 19.0 Å². The molecule has 1 amide bonds. The maximum atomic E-state index is 15.2. The van der Waals surface area contributed by atoms with Gasteiger partial charge in [-0.1, -0.05) is 54.9 Å². The van der Waals surface area contributed by atoms with Crippen LogP contribution in [0.25, 0.3) is 0 Å². The molecule has 0 aromatic heterocycles. The molecule has 0 spiro atoms. The molecule has 11 heteroatoms. The molecule has 0 fully saturated rings. The number of benzene rings is 3. The van der Waals surface area contributed by atoms with Crippen molar-refractivity contribution >= 4 is 39.2 Å². The SMILES string of the molecule is COC(=O)[C@H](C(C)c1c(F)ccc(C)c1C)N1CC(=O)Nc2cc(Cl)cc(C(C)OCc3ccccc3)c2S1(=O)=O. The maximum Gasteiger partial charge on any atom is 0.324 e. The van der Waals surface area contributed by atoms with Gasteiger partial charge in [0.15, 0.2) is 0 Å². The number of ether oxygens (including phenoxy) is 2. The summed E-state index contributed by atoms with van der Waals surface area (Å²) in [5, 5.41) is 2.80. The highest BCUT2D eigenvalue weighted by Gasteiger charge is 2.46. The summed E-state index contributed by atoms with van der Waals surface area (Å²) < 4.78 is 55.9. The Morgan fingerprint density at radius 2 is 1.80 bits per heavy atom. The van der Waals surface area contributed by atoms with Crippen LogP contribution in [0.1, 0.15) is 53.7 Å². The molecule has 1 N–H and O–H groups in total. The molecule has 3 atom stereocenters. The van der Waals surface area contributed by atoms with E-state index >= 15 is 4.39 Å². The second-order valence-corrected chi connectivity index (χ2v) is 12.3. The molecule has 0 bridgehead atoms. The fourth-order valence-electron chi connectivity index (χ4n) is 5.18. The van der Waals surface area contributed by atoms with Gasteiger partial charge in [-0.15, -0.1) is 0 Å². The Balaban J connectivity index is 1.85. The van der Waals surface area contributed by atoms with Gasteiger partial charge in [0.2, 0.25) is 15.9 Å². The Morgan fingerprint density at radius 3 is 2.46 bits per heavy atom. The van der Waals surface area contributed by atoms with E-state index in [1.165, 1.54) is 18.2 Å². The summed E-state index contributed by atoms with van der Waals surface area (Å²) in [6.45, 7) is 6.19. The molecule has 1 aliphatic rings. The molecule has 0 saturated carbocycles. The summed E-state index contributed by atoms with van der Waals surface area (Å²) in [5.41, 5.74) is 2.53. The lowest BCUT2D eigenvalue weighted by Crippen LogP contribution is -2.50. The van der Waals surface area contributed by atoms with E-state index in [1.807, 2.05) is 30.3 Å². The molecule has 1 heterocycles. The highest BCUT2D eigenvalue weighted by Crippen LogP contribution is 2.41. The van der Waals surface area contributed by atoms with Gasteiger partial charge in [0.1, 0.15) is 16.8 Å². The van der Waals surface area contributed by atoms with Gasteiger partial charge in [-0.3, -0.25) is 9.59 Å². The second kappa shape index (κ2) is 12.3. The molecule has 41 heavy (non-hydrogen) atoms.